The van der Waals surface area contributed by atoms with Crippen molar-refractivity contribution in [2.75, 3.05) is 17.9 Å². The van der Waals surface area contributed by atoms with Crippen molar-refractivity contribution in [2.45, 2.75) is 44.7 Å². The normalized spacial score (nSPS) is 12.0. The Morgan fingerprint density at radius 2 is 1.68 bits per heavy atom. The Bertz CT molecular complexity index is 1360. The van der Waals surface area contributed by atoms with Crippen LogP contribution in [0.4, 0.5) is 5.69 Å². The summed E-state index contributed by atoms with van der Waals surface area (Å²) in [7, 11) is -2.60. The van der Waals surface area contributed by atoms with Crippen LogP contribution in [0.3, 0.4) is 0 Å². The van der Waals surface area contributed by atoms with Gasteiger partial charge in [0.15, 0.2) is 0 Å². The molecule has 3 rings (SSSR count). The van der Waals surface area contributed by atoms with Crippen LogP contribution < -0.4 is 9.62 Å². The lowest BCUT2D eigenvalue weighted by atomic mass is 10.1. The van der Waals surface area contributed by atoms with Crippen LogP contribution >= 0.6 is 11.6 Å². The highest BCUT2D eigenvalue weighted by atomic mass is 35.5. The second-order valence-corrected chi connectivity index (χ2v) is 11.1. The summed E-state index contributed by atoms with van der Waals surface area (Å²) in [6.07, 6.45) is 0.364. The van der Waals surface area contributed by atoms with Crippen molar-refractivity contribution in [1.29, 1.82) is 0 Å². The maximum atomic E-state index is 13.9. The molecule has 9 heteroatoms. The maximum absolute atomic E-state index is 13.9. The second-order valence-electron chi connectivity index (χ2n) is 8.80. The molecule has 3 aromatic rings. The van der Waals surface area contributed by atoms with Gasteiger partial charge in [-0.15, -0.1) is 0 Å². The molecule has 0 aliphatic carbocycles. The van der Waals surface area contributed by atoms with Crippen molar-refractivity contribution in [2.24, 2.45) is 0 Å². The zero-order valence-corrected chi connectivity index (χ0v) is 23.0. The molecular formula is C28H32ClN3O4S. The van der Waals surface area contributed by atoms with Gasteiger partial charge < -0.3 is 10.2 Å². The molecule has 3 aromatic carbocycles. The van der Waals surface area contributed by atoms with E-state index in [9.17, 15) is 18.0 Å². The minimum absolute atomic E-state index is 0.0562. The summed E-state index contributed by atoms with van der Waals surface area (Å²) in [5.74, 6) is -0.811. The first-order valence-corrected chi connectivity index (χ1v) is 13.8. The van der Waals surface area contributed by atoms with Crippen molar-refractivity contribution in [3.05, 3.63) is 94.5 Å². The fourth-order valence-electron chi connectivity index (χ4n) is 4.23. The van der Waals surface area contributed by atoms with Gasteiger partial charge in [-0.1, -0.05) is 66.6 Å². The highest BCUT2D eigenvalue weighted by Gasteiger charge is 2.33. The minimum Gasteiger partial charge on any atom is -0.357 e. The Hall–Kier alpha value is -3.36. The summed E-state index contributed by atoms with van der Waals surface area (Å²) in [5.41, 5.74) is 2.80. The number of nitrogens with one attached hydrogen (secondary N) is 1. The van der Waals surface area contributed by atoms with Gasteiger partial charge >= 0.3 is 0 Å². The molecule has 0 unspecified atom stereocenters. The maximum Gasteiger partial charge on any atom is 0.264 e. The van der Waals surface area contributed by atoms with Gasteiger partial charge in [-0.05, 0) is 61.7 Å². The highest BCUT2D eigenvalue weighted by Crippen LogP contribution is 2.29. The first-order valence-electron chi connectivity index (χ1n) is 12.0. The van der Waals surface area contributed by atoms with Gasteiger partial charge in [-0.25, -0.2) is 8.42 Å². The molecule has 0 saturated heterocycles. The molecular weight excluding hydrogens is 510 g/mol. The van der Waals surface area contributed by atoms with Crippen molar-refractivity contribution in [3.8, 4) is 0 Å². The van der Waals surface area contributed by atoms with Crippen LogP contribution in [0.5, 0.6) is 0 Å². The lowest BCUT2D eigenvalue weighted by molar-refractivity contribution is -0.140. The SMILES string of the molecule is CC[C@@H](C(=O)NC)N(Cc1cccc(C)c1)C(=O)CN(c1ccc(Cl)cc1C)S(=O)(=O)c1ccccc1. The summed E-state index contributed by atoms with van der Waals surface area (Å²) in [5, 5.41) is 3.08. The number of benzene rings is 3. The molecule has 0 spiro atoms. The summed E-state index contributed by atoms with van der Waals surface area (Å²) in [6, 6.07) is 19.7. The predicted molar refractivity (Wildman–Crippen MR) is 147 cm³/mol. The second kappa shape index (κ2) is 12.3. The lowest BCUT2D eigenvalue weighted by Gasteiger charge is -2.33. The monoisotopic (exact) mass is 541 g/mol. The largest absolute Gasteiger partial charge is 0.357 e. The Balaban J connectivity index is 2.09. The van der Waals surface area contributed by atoms with Crippen LogP contribution in [0.25, 0.3) is 0 Å². The van der Waals surface area contributed by atoms with Crippen LogP contribution in [0.2, 0.25) is 5.02 Å². The van der Waals surface area contributed by atoms with E-state index in [0.29, 0.717) is 22.7 Å². The fraction of sp³-hybridized carbons (Fsp3) is 0.286. The third-order valence-electron chi connectivity index (χ3n) is 6.11. The zero-order valence-electron chi connectivity index (χ0n) is 21.4. The summed E-state index contributed by atoms with van der Waals surface area (Å²) >= 11 is 6.14. The number of hydrogen-bond acceptors (Lipinski definition) is 4. The molecule has 0 aliphatic rings. The summed E-state index contributed by atoms with van der Waals surface area (Å²) < 4.78 is 28.7. The molecule has 0 saturated carbocycles. The van der Waals surface area contributed by atoms with Gasteiger partial charge in [0.05, 0.1) is 10.6 Å². The first kappa shape index (κ1) is 28.2. The van der Waals surface area contributed by atoms with Crippen LogP contribution in [-0.4, -0.2) is 44.8 Å². The van der Waals surface area contributed by atoms with E-state index in [2.05, 4.69) is 5.32 Å². The third kappa shape index (κ3) is 6.70. The minimum atomic E-state index is -4.11. The van der Waals surface area contributed by atoms with E-state index in [0.717, 1.165) is 15.4 Å². The zero-order chi connectivity index (χ0) is 27.2. The number of sulfonamides is 1. The topological polar surface area (TPSA) is 86.8 Å². The molecule has 0 fully saturated rings. The molecule has 7 nitrogen and oxygen atoms in total. The van der Waals surface area contributed by atoms with Crippen LogP contribution in [0.15, 0.2) is 77.7 Å². The number of nitrogens with zero attached hydrogens (tertiary/aromatic N) is 2. The van der Waals surface area contributed by atoms with Gasteiger partial charge in [-0.2, -0.15) is 0 Å². The number of anilines is 1. The van der Waals surface area contributed by atoms with E-state index in [-0.39, 0.29) is 17.3 Å². The van der Waals surface area contributed by atoms with E-state index in [1.165, 1.54) is 24.1 Å². The Morgan fingerprint density at radius 1 is 0.973 bits per heavy atom. The molecule has 37 heavy (non-hydrogen) atoms. The van der Waals surface area contributed by atoms with Crippen molar-refractivity contribution in [3.63, 3.8) is 0 Å². The molecule has 0 radical (unpaired) electrons. The van der Waals surface area contributed by atoms with E-state index in [4.69, 9.17) is 11.6 Å². The van der Waals surface area contributed by atoms with E-state index in [1.807, 2.05) is 38.1 Å². The van der Waals surface area contributed by atoms with Gasteiger partial charge in [-0.3, -0.25) is 13.9 Å². The average Bonchev–Trinajstić information content (AvgIpc) is 2.87. The van der Waals surface area contributed by atoms with Gasteiger partial charge in [0.25, 0.3) is 10.0 Å². The fourth-order valence-corrected chi connectivity index (χ4v) is 5.95. The Labute approximate surface area is 224 Å². The smallest absolute Gasteiger partial charge is 0.264 e. The number of likely N-dealkylation sites (N-methyl/N-ethyl adjacent to an activating group) is 1. The number of aryl methyl sites for hydroxylation is 2. The number of rotatable bonds is 10. The van der Waals surface area contributed by atoms with Crippen LogP contribution in [0.1, 0.15) is 30.0 Å². The highest BCUT2D eigenvalue weighted by molar-refractivity contribution is 7.92. The van der Waals surface area contributed by atoms with Crippen LogP contribution in [-0.2, 0) is 26.2 Å². The third-order valence-corrected chi connectivity index (χ3v) is 8.11. The lowest BCUT2D eigenvalue weighted by Crippen LogP contribution is -2.51. The molecule has 2 amide bonds. The molecule has 0 bridgehead atoms. The van der Waals surface area contributed by atoms with E-state index < -0.39 is 28.5 Å². The number of hydrogen-bond donors (Lipinski definition) is 1. The Morgan fingerprint density at radius 3 is 2.27 bits per heavy atom. The van der Waals surface area contributed by atoms with Gasteiger partial charge in [0.2, 0.25) is 11.8 Å². The van der Waals surface area contributed by atoms with E-state index in [1.54, 1.807) is 43.3 Å². The average molecular weight is 542 g/mol. The molecule has 1 N–H and O–H groups in total. The predicted octanol–water partition coefficient (Wildman–Crippen LogP) is 4.71. The number of amides is 2. The standard InChI is InChI=1S/C28H32ClN3O4S/c1-5-25(28(34)30-4)31(18-22-11-9-10-20(2)16-22)27(33)19-32(26-15-14-23(29)17-21(26)3)37(35,36)24-12-7-6-8-13-24/h6-17,25H,5,18-19H2,1-4H3,(H,30,34)/t25-/m0/s1. The van der Waals surface area contributed by atoms with Crippen molar-refractivity contribution < 1.29 is 18.0 Å². The van der Waals surface area contributed by atoms with Gasteiger partial charge in [0, 0.05) is 18.6 Å². The number of halogens is 1. The summed E-state index contributed by atoms with van der Waals surface area (Å²) in [4.78, 5) is 28.2. The quantitative estimate of drug-likeness (QED) is 0.403. The Kier molecular flexibility index (Phi) is 9.34. The number of carbonyl (C=O) groups excluding carboxylic acids is 2. The van der Waals surface area contributed by atoms with E-state index >= 15 is 0 Å². The summed E-state index contributed by atoms with van der Waals surface area (Å²) in [6.45, 7) is 5.18. The molecule has 196 valence electrons. The van der Waals surface area contributed by atoms with Gasteiger partial charge in [0.1, 0.15) is 12.6 Å². The van der Waals surface area contributed by atoms with Crippen molar-refractivity contribution in [1.82, 2.24) is 10.2 Å². The van der Waals surface area contributed by atoms with Crippen LogP contribution in [0, 0.1) is 13.8 Å². The first-order chi connectivity index (χ1) is 17.6. The molecule has 0 aliphatic heterocycles. The van der Waals surface area contributed by atoms with Crippen molar-refractivity contribution >= 4 is 39.1 Å². The molecule has 0 heterocycles. The molecule has 1 atom stereocenters. The number of carbonyl (C=O) groups is 2. The molecule has 0 aromatic heterocycles.